The minimum atomic E-state index is 0. The highest BCUT2D eigenvalue weighted by atomic mass is 35.5. The van der Waals surface area contributed by atoms with E-state index < -0.39 is 0 Å². The van der Waals surface area contributed by atoms with Crippen molar-refractivity contribution in [3.63, 3.8) is 0 Å². The highest BCUT2D eigenvalue weighted by Crippen LogP contribution is 2.27. The van der Waals surface area contributed by atoms with E-state index in [0.29, 0.717) is 12.3 Å². The van der Waals surface area contributed by atoms with Gasteiger partial charge < -0.3 is 16.0 Å². The summed E-state index contributed by atoms with van der Waals surface area (Å²) in [5.74, 6) is 2.97. The Morgan fingerprint density at radius 2 is 1.85 bits per heavy atom. The number of nitrogens with one attached hydrogen (secondary N) is 1. The van der Waals surface area contributed by atoms with Crippen LogP contribution < -0.4 is 11.1 Å². The van der Waals surface area contributed by atoms with Crippen LogP contribution in [0.3, 0.4) is 0 Å². The summed E-state index contributed by atoms with van der Waals surface area (Å²) >= 11 is 2.05. The zero-order valence-corrected chi connectivity index (χ0v) is 17.6. The van der Waals surface area contributed by atoms with Gasteiger partial charge in [-0.05, 0) is 42.9 Å². The molecular weight excluding hydrogens is 389 g/mol. The van der Waals surface area contributed by atoms with Gasteiger partial charge in [0.1, 0.15) is 0 Å². The molecule has 1 saturated carbocycles. The topological polar surface area (TPSA) is 58.4 Å². The standard InChI is InChI=1S/C19H29N3OS.2ClH/c20-18-3-1-2-16(18)14-19(23)21-17-6-4-15(5-7-17)8-9-22-10-12-24-13-11-22;;/h4-7,16,18H,1-3,8-14,20H2,(H,21,23);2*1H/t16-,18+;;/m0../s1. The van der Waals surface area contributed by atoms with Gasteiger partial charge in [-0.15, -0.1) is 24.8 Å². The van der Waals surface area contributed by atoms with Gasteiger partial charge in [0.15, 0.2) is 0 Å². The van der Waals surface area contributed by atoms with Gasteiger partial charge in [-0.3, -0.25) is 4.79 Å². The fourth-order valence-corrected chi connectivity index (χ4v) is 4.61. The van der Waals surface area contributed by atoms with Crippen molar-refractivity contribution in [2.45, 2.75) is 38.1 Å². The minimum Gasteiger partial charge on any atom is -0.327 e. The van der Waals surface area contributed by atoms with Crippen LogP contribution in [0.5, 0.6) is 0 Å². The van der Waals surface area contributed by atoms with Gasteiger partial charge in [-0.1, -0.05) is 18.6 Å². The number of hydrogen-bond donors (Lipinski definition) is 2. The lowest BCUT2D eigenvalue weighted by Crippen LogP contribution is -2.34. The number of carbonyl (C=O) groups is 1. The monoisotopic (exact) mass is 419 g/mol. The molecule has 0 aromatic heterocycles. The molecule has 0 radical (unpaired) electrons. The second kappa shape index (κ2) is 12.1. The van der Waals surface area contributed by atoms with Crippen molar-refractivity contribution < 1.29 is 4.79 Å². The molecule has 1 aliphatic carbocycles. The van der Waals surface area contributed by atoms with Crippen LogP contribution >= 0.6 is 36.6 Å². The van der Waals surface area contributed by atoms with Crippen LogP contribution in [0.4, 0.5) is 5.69 Å². The fourth-order valence-electron chi connectivity index (χ4n) is 3.64. The second-order valence-electron chi connectivity index (χ2n) is 7.01. The van der Waals surface area contributed by atoms with E-state index in [1.807, 2.05) is 23.9 Å². The van der Waals surface area contributed by atoms with Crippen molar-refractivity contribution in [1.29, 1.82) is 0 Å². The molecule has 2 atom stereocenters. The molecule has 2 fully saturated rings. The lowest BCUT2D eigenvalue weighted by molar-refractivity contribution is -0.117. The molecular formula is C19H31Cl2N3OS. The highest BCUT2D eigenvalue weighted by Gasteiger charge is 2.25. The Morgan fingerprint density at radius 1 is 1.15 bits per heavy atom. The van der Waals surface area contributed by atoms with E-state index in [0.717, 1.165) is 37.9 Å². The van der Waals surface area contributed by atoms with Crippen LogP contribution in [0.2, 0.25) is 0 Å². The molecule has 3 rings (SSSR count). The first kappa shape index (κ1) is 23.6. The van der Waals surface area contributed by atoms with E-state index in [9.17, 15) is 4.79 Å². The summed E-state index contributed by atoms with van der Waals surface area (Å²) in [6.07, 6.45) is 4.93. The van der Waals surface area contributed by atoms with Crippen molar-refractivity contribution >= 4 is 48.2 Å². The normalized spacial score (nSPS) is 23.0. The van der Waals surface area contributed by atoms with E-state index >= 15 is 0 Å². The molecule has 1 heterocycles. The maximum absolute atomic E-state index is 12.2. The van der Waals surface area contributed by atoms with Crippen LogP contribution in [-0.4, -0.2) is 48.0 Å². The van der Waals surface area contributed by atoms with E-state index in [-0.39, 0.29) is 36.8 Å². The summed E-state index contributed by atoms with van der Waals surface area (Å²) in [6, 6.07) is 8.51. The molecule has 0 unspecified atom stereocenters. The van der Waals surface area contributed by atoms with Gasteiger partial charge in [0.05, 0.1) is 0 Å². The minimum absolute atomic E-state index is 0. The summed E-state index contributed by atoms with van der Waals surface area (Å²) in [6.45, 7) is 3.55. The van der Waals surface area contributed by atoms with Gasteiger partial charge >= 0.3 is 0 Å². The van der Waals surface area contributed by atoms with Gasteiger partial charge in [0.25, 0.3) is 0 Å². The van der Waals surface area contributed by atoms with Gasteiger partial charge in [-0.25, -0.2) is 0 Å². The Morgan fingerprint density at radius 3 is 2.46 bits per heavy atom. The fraction of sp³-hybridized carbons (Fsp3) is 0.632. The second-order valence-corrected chi connectivity index (χ2v) is 8.23. The molecule has 1 aromatic rings. The number of halogens is 2. The van der Waals surface area contributed by atoms with E-state index in [1.165, 1.54) is 30.2 Å². The SMILES string of the molecule is Cl.Cl.N[C@@H]1CCC[C@H]1CC(=O)Nc1ccc(CCN2CCSCC2)cc1. The summed E-state index contributed by atoms with van der Waals surface area (Å²) in [4.78, 5) is 14.7. The molecule has 7 heteroatoms. The number of thioether (sulfide) groups is 1. The van der Waals surface area contributed by atoms with Crippen LogP contribution in [0.15, 0.2) is 24.3 Å². The van der Waals surface area contributed by atoms with Crippen molar-refractivity contribution in [2.24, 2.45) is 11.7 Å². The molecule has 2 aliphatic rings. The van der Waals surface area contributed by atoms with Crippen LogP contribution in [0.25, 0.3) is 0 Å². The zero-order valence-electron chi connectivity index (χ0n) is 15.2. The van der Waals surface area contributed by atoms with Gasteiger partial charge in [0, 0.05) is 49.3 Å². The summed E-state index contributed by atoms with van der Waals surface area (Å²) in [7, 11) is 0. The van der Waals surface area contributed by atoms with Crippen LogP contribution in [-0.2, 0) is 11.2 Å². The number of carbonyl (C=O) groups excluding carboxylic acids is 1. The van der Waals surface area contributed by atoms with Gasteiger partial charge in [0.2, 0.25) is 5.91 Å². The molecule has 148 valence electrons. The molecule has 0 bridgehead atoms. The Balaban J connectivity index is 0.00000169. The maximum Gasteiger partial charge on any atom is 0.224 e. The molecule has 1 aromatic carbocycles. The Kier molecular flexibility index (Phi) is 11.0. The third-order valence-corrected chi connectivity index (χ3v) is 6.17. The Labute approximate surface area is 173 Å². The first-order valence-electron chi connectivity index (χ1n) is 9.15. The summed E-state index contributed by atoms with van der Waals surface area (Å²) in [5, 5.41) is 3.01. The number of amides is 1. The first-order chi connectivity index (χ1) is 11.7. The highest BCUT2D eigenvalue weighted by molar-refractivity contribution is 7.99. The average Bonchev–Trinajstić information content (AvgIpc) is 3.00. The molecule has 1 saturated heterocycles. The lowest BCUT2D eigenvalue weighted by Gasteiger charge is -2.26. The molecule has 1 aliphatic heterocycles. The van der Waals surface area contributed by atoms with Gasteiger partial charge in [-0.2, -0.15) is 11.8 Å². The zero-order chi connectivity index (χ0) is 16.8. The number of hydrogen-bond acceptors (Lipinski definition) is 4. The van der Waals surface area contributed by atoms with Crippen molar-refractivity contribution in [2.75, 3.05) is 36.5 Å². The van der Waals surface area contributed by atoms with Crippen molar-refractivity contribution in [1.82, 2.24) is 4.90 Å². The van der Waals surface area contributed by atoms with E-state index in [4.69, 9.17) is 5.73 Å². The first-order valence-corrected chi connectivity index (χ1v) is 10.3. The molecule has 3 N–H and O–H groups in total. The lowest BCUT2D eigenvalue weighted by atomic mass is 10.00. The smallest absolute Gasteiger partial charge is 0.224 e. The Bertz CT molecular complexity index is 538. The van der Waals surface area contributed by atoms with Crippen LogP contribution in [0, 0.1) is 5.92 Å². The number of benzene rings is 1. The number of nitrogens with zero attached hydrogens (tertiary/aromatic N) is 1. The maximum atomic E-state index is 12.2. The number of rotatable bonds is 6. The molecule has 26 heavy (non-hydrogen) atoms. The number of nitrogens with two attached hydrogens (primary N) is 1. The largest absolute Gasteiger partial charge is 0.327 e. The number of anilines is 1. The molecule has 4 nitrogen and oxygen atoms in total. The summed E-state index contributed by atoms with van der Waals surface area (Å²) < 4.78 is 0. The van der Waals surface area contributed by atoms with Crippen LogP contribution in [0.1, 0.15) is 31.2 Å². The molecule has 0 spiro atoms. The Hall–Kier alpha value is -0.460. The predicted molar refractivity (Wildman–Crippen MR) is 117 cm³/mol. The van der Waals surface area contributed by atoms with E-state index in [2.05, 4.69) is 22.3 Å². The van der Waals surface area contributed by atoms with Crippen molar-refractivity contribution in [3.05, 3.63) is 29.8 Å². The average molecular weight is 420 g/mol. The molecule has 1 amide bonds. The quantitative estimate of drug-likeness (QED) is 0.739. The van der Waals surface area contributed by atoms with Crippen molar-refractivity contribution in [3.8, 4) is 0 Å². The third kappa shape index (κ3) is 7.28. The van der Waals surface area contributed by atoms with E-state index in [1.54, 1.807) is 0 Å². The predicted octanol–water partition coefficient (Wildman–Crippen LogP) is 3.58. The summed E-state index contributed by atoms with van der Waals surface area (Å²) in [5.41, 5.74) is 8.28. The third-order valence-electron chi connectivity index (χ3n) is 5.22.